The summed E-state index contributed by atoms with van der Waals surface area (Å²) in [5.41, 5.74) is 7.50. The second kappa shape index (κ2) is 11.0. The van der Waals surface area contributed by atoms with Gasteiger partial charge in [-0.1, -0.05) is 29.1 Å². The second-order valence-corrected chi connectivity index (χ2v) is 10.1. The topological polar surface area (TPSA) is 51.8 Å². The van der Waals surface area contributed by atoms with Gasteiger partial charge in [0.15, 0.2) is 0 Å². The summed E-state index contributed by atoms with van der Waals surface area (Å²) in [5.74, 6) is 0. The number of furan rings is 1. The van der Waals surface area contributed by atoms with Crippen LogP contribution in [0.5, 0.6) is 0 Å². The number of aromatic nitrogens is 3. The fourth-order valence-electron chi connectivity index (χ4n) is 4.35. The maximum atomic E-state index is 6.08. The fraction of sp³-hybridized carbons (Fsp3) is 0.0938. The van der Waals surface area contributed by atoms with Crippen molar-refractivity contribution in [3.63, 3.8) is 0 Å². The first-order valence-corrected chi connectivity index (χ1v) is 12.8. The predicted octanol–water partition coefficient (Wildman–Crippen LogP) is 8.53. The quantitative estimate of drug-likeness (QED) is 0.171. The number of pyridine rings is 3. The molecule has 7 rings (SSSR count). The number of nitrogens with zero attached hydrogens (tertiary/aromatic N) is 3. The standard InChI is InChI=1S/C21H15N2OS.C11H8N.Ir/c1-11-7-8-15-14-5-4-6-16(20(14)24-21(15)23-11)18-9-19-17(10-22-18)12(2)13(3)25-19;1-2-6-10(7-3-1)11-8-4-5-9-12-11;/h4-5,7-10H,1-3H3;1-6,8-9H;/q2*-1;. The van der Waals surface area contributed by atoms with E-state index in [1.54, 1.807) is 17.5 Å². The van der Waals surface area contributed by atoms with E-state index in [1.165, 1.54) is 20.5 Å². The zero-order chi connectivity index (χ0) is 25.4. The summed E-state index contributed by atoms with van der Waals surface area (Å²) in [7, 11) is 0. The minimum Gasteiger partial charge on any atom is -0.486 e. The first-order valence-electron chi connectivity index (χ1n) is 12.0. The summed E-state index contributed by atoms with van der Waals surface area (Å²) in [6, 6.07) is 30.3. The van der Waals surface area contributed by atoms with E-state index in [4.69, 9.17) is 4.42 Å². The van der Waals surface area contributed by atoms with Gasteiger partial charge in [0.1, 0.15) is 0 Å². The monoisotopic (exact) mass is 690 g/mol. The van der Waals surface area contributed by atoms with Gasteiger partial charge in [-0.15, -0.1) is 65.4 Å². The summed E-state index contributed by atoms with van der Waals surface area (Å²) in [4.78, 5) is 14.7. The van der Waals surface area contributed by atoms with Crippen LogP contribution in [0.2, 0.25) is 0 Å². The van der Waals surface area contributed by atoms with Gasteiger partial charge in [-0.3, -0.25) is 0 Å². The van der Waals surface area contributed by atoms with Crippen LogP contribution in [0.4, 0.5) is 0 Å². The second-order valence-electron chi connectivity index (χ2n) is 8.84. The van der Waals surface area contributed by atoms with E-state index in [1.807, 2.05) is 73.8 Å². The normalized spacial score (nSPS) is 10.8. The van der Waals surface area contributed by atoms with Crippen molar-refractivity contribution in [2.45, 2.75) is 20.8 Å². The summed E-state index contributed by atoms with van der Waals surface area (Å²) in [6.45, 7) is 6.27. The maximum Gasteiger partial charge on any atom is 0.216 e. The Morgan fingerprint density at radius 1 is 0.789 bits per heavy atom. The molecule has 0 saturated carbocycles. The maximum absolute atomic E-state index is 6.08. The van der Waals surface area contributed by atoms with Crippen LogP contribution in [0.3, 0.4) is 0 Å². The Balaban J connectivity index is 0.000000191. The molecule has 5 aromatic heterocycles. The Morgan fingerprint density at radius 3 is 2.45 bits per heavy atom. The van der Waals surface area contributed by atoms with Gasteiger partial charge in [0.2, 0.25) is 5.71 Å². The summed E-state index contributed by atoms with van der Waals surface area (Å²) >= 11 is 1.80. The molecule has 5 heterocycles. The van der Waals surface area contributed by atoms with E-state index in [2.05, 4.69) is 53.1 Å². The Labute approximate surface area is 238 Å². The van der Waals surface area contributed by atoms with E-state index in [-0.39, 0.29) is 20.1 Å². The summed E-state index contributed by atoms with van der Waals surface area (Å²) < 4.78 is 7.33. The molecule has 1 radical (unpaired) electrons. The van der Waals surface area contributed by atoms with Crippen LogP contribution in [0.1, 0.15) is 16.1 Å². The zero-order valence-electron chi connectivity index (χ0n) is 21.1. The molecule has 38 heavy (non-hydrogen) atoms. The van der Waals surface area contributed by atoms with Crippen LogP contribution in [0.25, 0.3) is 54.7 Å². The SMILES string of the molecule is Cc1ccc2c(n1)oc1c(-c3cc4sc(C)c(C)c4cn3)[c-]ccc12.[Ir].[c-]1ccccc1-c1ccccn1. The van der Waals surface area contributed by atoms with Gasteiger partial charge in [-0.05, 0) is 55.9 Å². The smallest absolute Gasteiger partial charge is 0.216 e. The molecule has 6 heteroatoms. The van der Waals surface area contributed by atoms with Crippen molar-refractivity contribution in [1.82, 2.24) is 15.0 Å². The van der Waals surface area contributed by atoms with Gasteiger partial charge in [0, 0.05) is 58.5 Å². The fourth-order valence-corrected chi connectivity index (χ4v) is 5.43. The number of hydrogen-bond acceptors (Lipinski definition) is 5. The third-order valence-corrected chi connectivity index (χ3v) is 7.58. The average Bonchev–Trinajstić information content (AvgIpc) is 3.45. The van der Waals surface area contributed by atoms with Crippen molar-refractivity contribution in [2.75, 3.05) is 0 Å². The Morgan fingerprint density at radius 2 is 1.66 bits per heavy atom. The van der Waals surface area contributed by atoms with Crippen LogP contribution in [-0.4, -0.2) is 15.0 Å². The zero-order valence-corrected chi connectivity index (χ0v) is 24.3. The van der Waals surface area contributed by atoms with Gasteiger partial charge >= 0.3 is 0 Å². The van der Waals surface area contributed by atoms with Crippen LogP contribution < -0.4 is 0 Å². The third kappa shape index (κ3) is 4.91. The van der Waals surface area contributed by atoms with Crippen molar-refractivity contribution in [1.29, 1.82) is 0 Å². The number of thiophene rings is 1. The van der Waals surface area contributed by atoms with Crippen molar-refractivity contribution in [3.8, 4) is 22.5 Å². The molecule has 0 atom stereocenters. The van der Waals surface area contributed by atoms with Gasteiger partial charge in [0.25, 0.3) is 0 Å². The van der Waals surface area contributed by atoms with E-state index >= 15 is 0 Å². The summed E-state index contributed by atoms with van der Waals surface area (Å²) in [6.07, 6.45) is 3.75. The molecule has 0 N–H and O–H groups in total. The molecule has 2 aromatic carbocycles. The molecule has 0 fully saturated rings. The molecule has 0 unspecified atom stereocenters. The molecule has 0 aliphatic heterocycles. The Hall–Kier alpha value is -3.70. The molecule has 0 spiro atoms. The number of benzene rings is 2. The molecule has 0 amide bonds. The molecule has 0 aliphatic rings. The number of hydrogen-bond donors (Lipinski definition) is 0. The minimum absolute atomic E-state index is 0. The number of rotatable bonds is 2. The van der Waals surface area contributed by atoms with Crippen molar-refractivity contribution in [3.05, 3.63) is 113 Å². The first kappa shape index (κ1) is 25.9. The van der Waals surface area contributed by atoms with Gasteiger partial charge in [0.05, 0.1) is 5.58 Å². The minimum atomic E-state index is 0. The van der Waals surface area contributed by atoms with Crippen LogP contribution >= 0.6 is 11.3 Å². The van der Waals surface area contributed by atoms with Crippen molar-refractivity contribution < 1.29 is 24.5 Å². The van der Waals surface area contributed by atoms with Crippen LogP contribution in [0, 0.1) is 32.9 Å². The molecular weight excluding hydrogens is 667 g/mol. The molecule has 189 valence electrons. The number of fused-ring (bicyclic) bond motifs is 4. The van der Waals surface area contributed by atoms with E-state index in [0.717, 1.165) is 44.6 Å². The molecule has 0 bridgehead atoms. The Bertz CT molecular complexity index is 1820. The molecular formula is C32H23IrN3OS-2. The largest absolute Gasteiger partial charge is 0.486 e. The molecule has 0 aliphatic carbocycles. The molecule has 4 nitrogen and oxygen atoms in total. The Kier molecular flexibility index (Phi) is 7.48. The van der Waals surface area contributed by atoms with E-state index in [0.29, 0.717) is 5.71 Å². The van der Waals surface area contributed by atoms with Gasteiger partial charge in [-0.25, -0.2) is 4.98 Å². The first-order chi connectivity index (χ1) is 18.1. The predicted molar refractivity (Wildman–Crippen MR) is 152 cm³/mol. The van der Waals surface area contributed by atoms with E-state index in [9.17, 15) is 0 Å². The molecule has 7 aromatic rings. The van der Waals surface area contributed by atoms with Gasteiger partial charge in [-0.2, -0.15) is 0 Å². The third-order valence-electron chi connectivity index (χ3n) is 6.40. The van der Waals surface area contributed by atoms with Gasteiger partial charge < -0.3 is 14.4 Å². The van der Waals surface area contributed by atoms with E-state index < -0.39 is 0 Å². The molecule has 0 saturated heterocycles. The van der Waals surface area contributed by atoms with Crippen molar-refractivity contribution >= 4 is 43.5 Å². The summed E-state index contributed by atoms with van der Waals surface area (Å²) in [5, 5.41) is 3.30. The number of aryl methyl sites for hydroxylation is 3. The van der Waals surface area contributed by atoms with Crippen LogP contribution in [-0.2, 0) is 20.1 Å². The van der Waals surface area contributed by atoms with Crippen LogP contribution in [0.15, 0.2) is 89.6 Å². The average molecular weight is 690 g/mol. The van der Waals surface area contributed by atoms with Crippen molar-refractivity contribution in [2.24, 2.45) is 0 Å².